The van der Waals surface area contributed by atoms with E-state index in [4.69, 9.17) is 14.2 Å². The fraction of sp³-hybridized carbons (Fsp3) is 0.826. The van der Waals surface area contributed by atoms with E-state index in [9.17, 15) is 39.6 Å². The summed E-state index contributed by atoms with van der Waals surface area (Å²) in [7, 11) is 7.21. The van der Waals surface area contributed by atoms with Gasteiger partial charge in [-0.05, 0) is 122 Å². The highest BCUT2D eigenvalue weighted by atomic mass is 32.2. The van der Waals surface area contributed by atoms with Crippen LogP contribution in [-0.4, -0.2) is 149 Å². The largest absolute Gasteiger partial charge is 0.456 e. The van der Waals surface area contributed by atoms with E-state index in [-0.39, 0.29) is 62.1 Å². The van der Waals surface area contributed by atoms with E-state index in [1.165, 1.54) is 6.92 Å². The highest BCUT2D eigenvalue weighted by molar-refractivity contribution is 7.99. The van der Waals surface area contributed by atoms with Gasteiger partial charge in [0.25, 0.3) is 11.7 Å². The van der Waals surface area contributed by atoms with Gasteiger partial charge in [-0.3, -0.25) is 14.4 Å². The number of hydrogen-bond donors (Lipinski definition) is 4. The Bertz CT molecular complexity index is 1440. The Balaban J connectivity index is 1.98. The zero-order valence-electron chi connectivity index (χ0n) is 37.8. The molecule has 1 aliphatic carbocycles. The Morgan fingerprint density at radius 1 is 0.950 bits per heavy atom. The first kappa shape index (κ1) is 52.2. The lowest BCUT2D eigenvalue weighted by atomic mass is 9.83. The fourth-order valence-electron chi connectivity index (χ4n) is 8.96. The predicted molar refractivity (Wildman–Crippen MR) is 234 cm³/mol. The van der Waals surface area contributed by atoms with Gasteiger partial charge >= 0.3 is 5.97 Å². The van der Waals surface area contributed by atoms with Gasteiger partial charge in [0.05, 0.1) is 24.4 Å². The Labute approximate surface area is 364 Å². The Hall–Kier alpha value is -2.17. The van der Waals surface area contributed by atoms with Crippen molar-refractivity contribution in [2.24, 2.45) is 23.7 Å². The Morgan fingerprint density at radius 2 is 1.68 bits per heavy atom. The molecule has 4 N–H and O–H groups in total. The van der Waals surface area contributed by atoms with Gasteiger partial charge in [-0.1, -0.05) is 44.4 Å². The first-order valence-electron chi connectivity index (χ1n) is 22.4. The van der Waals surface area contributed by atoms with Crippen molar-refractivity contribution in [2.45, 2.75) is 166 Å². The molecule has 0 aromatic rings. The van der Waals surface area contributed by atoms with Crippen LogP contribution in [0.4, 0.5) is 0 Å². The van der Waals surface area contributed by atoms with E-state index in [1.54, 1.807) is 14.2 Å². The second-order valence-corrected chi connectivity index (χ2v) is 19.5. The molecule has 1 saturated carbocycles. The van der Waals surface area contributed by atoms with Crippen molar-refractivity contribution in [1.29, 1.82) is 0 Å². The van der Waals surface area contributed by atoms with Gasteiger partial charge in [0.2, 0.25) is 5.79 Å². The highest BCUT2D eigenvalue weighted by Crippen LogP contribution is 2.32. The number of ether oxygens (including phenoxy) is 3. The quantitative estimate of drug-likeness (QED) is 0.0696. The number of carbonyl (C=O) groups excluding carboxylic acids is 4. The summed E-state index contributed by atoms with van der Waals surface area (Å²) in [5, 5.41) is 44.4. The third kappa shape index (κ3) is 16.5. The first-order chi connectivity index (χ1) is 28.4. The van der Waals surface area contributed by atoms with Crippen molar-refractivity contribution < 1.29 is 53.8 Å². The molecule has 2 heterocycles. The van der Waals surface area contributed by atoms with Gasteiger partial charge in [0.1, 0.15) is 17.9 Å². The molecule has 0 unspecified atom stereocenters. The van der Waals surface area contributed by atoms with Gasteiger partial charge in [-0.25, -0.2) is 4.79 Å². The molecule has 0 aromatic heterocycles. The first-order valence-corrected chi connectivity index (χ1v) is 23.6. The summed E-state index contributed by atoms with van der Waals surface area (Å²) >= 11 is 1.87. The summed E-state index contributed by atoms with van der Waals surface area (Å²) in [6.07, 6.45) is 8.17. The van der Waals surface area contributed by atoms with Gasteiger partial charge in [-0.15, -0.1) is 0 Å². The van der Waals surface area contributed by atoms with Crippen molar-refractivity contribution in [1.82, 2.24) is 9.80 Å². The number of nitrogens with zero attached hydrogens (tertiary/aromatic N) is 2. The standard InChI is InChI=1S/C46H78N2O11S/c1-30-13-11-15-37(57-7)26-33(4)46(55,56)43(52)44(53)48-19-10-9-16-38(48)45(54)59-41(32(3)25-34-17-18-39(50)42(27-34)58-8)29-36(49)28-40(51)35(24-31(2)23-30)14-12-21-60-22-20-47(5)6/h24-25,30,33-39,41-42,49-50,55-56H,9-23,26-29H2,1-8H3/b31-24+,32-25+/t30-,33-,34+,35-,36+,37-,38+,39-,41+,42-/m1/s1. The van der Waals surface area contributed by atoms with Crippen molar-refractivity contribution in [3.8, 4) is 0 Å². The number of ketones is 2. The predicted octanol–water partition coefficient (Wildman–Crippen LogP) is 5.25. The third-order valence-corrected chi connectivity index (χ3v) is 13.8. The summed E-state index contributed by atoms with van der Waals surface area (Å²) in [4.78, 5) is 58.9. The number of Topliss-reactive ketones (excluding diaryl/α,β-unsaturated/α-hetero) is 2. The molecule has 0 bridgehead atoms. The van der Waals surface area contributed by atoms with Crippen LogP contribution in [0.3, 0.4) is 0 Å². The summed E-state index contributed by atoms with van der Waals surface area (Å²) < 4.78 is 17.4. The SMILES string of the molecule is CO[C@@H]1CCC[C@@H](C)C/C(C)=C/[C@@H](CCCSCCN(C)C)C(=O)C[C@H](O)C[C@@H](/C(C)=C/[C@@H]2CC[C@@H](O)[C@H](OC)C2)OC(=O)[C@@H]2CCCCN2C(=O)C(=O)C(O)(O)[C@H](C)C1. The molecule has 344 valence electrons. The fourth-order valence-corrected chi connectivity index (χ4v) is 10.0. The zero-order chi connectivity index (χ0) is 44.6. The molecule has 0 spiro atoms. The van der Waals surface area contributed by atoms with Crippen molar-refractivity contribution in [2.75, 3.05) is 52.9 Å². The lowest BCUT2D eigenvalue weighted by molar-refractivity contribution is -0.208. The van der Waals surface area contributed by atoms with Gasteiger partial charge in [0, 0.05) is 57.7 Å². The number of carbonyl (C=O) groups is 4. The van der Waals surface area contributed by atoms with Crippen LogP contribution in [-0.2, 0) is 33.4 Å². The molecule has 13 nitrogen and oxygen atoms in total. The Kier molecular flexibility index (Phi) is 22.5. The molecule has 3 aliphatic rings. The summed E-state index contributed by atoms with van der Waals surface area (Å²) in [5.41, 5.74) is 1.76. The second-order valence-electron chi connectivity index (χ2n) is 18.3. The number of thioether (sulfide) groups is 1. The molecule has 10 atom stereocenters. The number of aliphatic hydroxyl groups excluding tert-OH is 2. The summed E-state index contributed by atoms with van der Waals surface area (Å²) in [6, 6.07) is -1.17. The van der Waals surface area contributed by atoms with Crippen LogP contribution >= 0.6 is 11.8 Å². The van der Waals surface area contributed by atoms with E-state index in [1.807, 2.05) is 24.8 Å². The third-order valence-electron chi connectivity index (χ3n) is 12.8. The lowest BCUT2D eigenvalue weighted by Gasteiger charge is -2.37. The maximum atomic E-state index is 14.1. The monoisotopic (exact) mass is 867 g/mol. The van der Waals surface area contributed by atoms with Crippen molar-refractivity contribution >= 4 is 35.2 Å². The number of piperidine rings is 1. The molecule has 60 heavy (non-hydrogen) atoms. The van der Waals surface area contributed by atoms with Crippen LogP contribution < -0.4 is 0 Å². The molecule has 3 rings (SSSR count). The van der Waals surface area contributed by atoms with Crippen LogP contribution in [0.1, 0.15) is 124 Å². The summed E-state index contributed by atoms with van der Waals surface area (Å²) in [6.45, 7) is 8.56. The number of rotatable bonds is 11. The van der Waals surface area contributed by atoms with E-state index in [0.29, 0.717) is 56.4 Å². The van der Waals surface area contributed by atoms with Crippen LogP contribution in [0.2, 0.25) is 0 Å². The zero-order valence-corrected chi connectivity index (χ0v) is 38.6. The Morgan fingerprint density at radius 3 is 2.37 bits per heavy atom. The number of cyclic esters (lactones) is 1. The summed E-state index contributed by atoms with van der Waals surface area (Å²) in [5.74, 6) is -5.61. The number of methoxy groups -OCH3 is 2. The number of allylic oxidation sites excluding steroid dienone is 3. The van der Waals surface area contributed by atoms with E-state index >= 15 is 0 Å². The molecule has 2 fully saturated rings. The normalized spacial score (nSPS) is 33.9. The molecule has 14 heteroatoms. The maximum Gasteiger partial charge on any atom is 0.329 e. The molecule has 1 saturated heterocycles. The van der Waals surface area contributed by atoms with Crippen LogP contribution in [0, 0.1) is 23.7 Å². The molecule has 0 radical (unpaired) electrons. The van der Waals surface area contributed by atoms with E-state index in [0.717, 1.165) is 54.2 Å². The van der Waals surface area contributed by atoms with Crippen LogP contribution in [0.5, 0.6) is 0 Å². The molecule has 2 aliphatic heterocycles. The average molecular weight is 867 g/mol. The number of esters is 1. The van der Waals surface area contributed by atoms with Crippen molar-refractivity contribution in [3.05, 3.63) is 23.3 Å². The van der Waals surface area contributed by atoms with Crippen LogP contribution in [0.15, 0.2) is 23.3 Å². The average Bonchev–Trinajstić information content (AvgIpc) is 3.20. The number of aliphatic hydroxyl groups is 4. The minimum absolute atomic E-state index is 0.00264. The molecular formula is C46H78N2O11S. The van der Waals surface area contributed by atoms with Gasteiger partial charge in [0.15, 0.2) is 0 Å². The lowest BCUT2D eigenvalue weighted by Crippen LogP contribution is -2.58. The number of fused-ring (bicyclic) bond motifs is 1. The van der Waals surface area contributed by atoms with E-state index < -0.39 is 53.7 Å². The molecule has 1 amide bonds. The maximum absolute atomic E-state index is 14.1. The minimum atomic E-state index is -2.99. The van der Waals surface area contributed by atoms with Crippen molar-refractivity contribution in [3.63, 3.8) is 0 Å². The number of amides is 1. The van der Waals surface area contributed by atoms with Gasteiger partial charge < -0.3 is 44.4 Å². The minimum Gasteiger partial charge on any atom is -0.456 e. The van der Waals surface area contributed by atoms with E-state index in [2.05, 4.69) is 38.9 Å². The van der Waals surface area contributed by atoms with Gasteiger partial charge in [-0.2, -0.15) is 11.8 Å². The topological polar surface area (TPSA) is 183 Å². The second kappa shape index (κ2) is 25.8. The van der Waals surface area contributed by atoms with Crippen LogP contribution in [0.25, 0.3) is 0 Å². The molecule has 0 aromatic carbocycles. The smallest absolute Gasteiger partial charge is 0.329 e. The molecular weight excluding hydrogens is 789 g/mol. The number of hydrogen-bond acceptors (Lipinski definition) is 13. The highest BCUT2D eigenvalue weighted by Gasteiger charge is 2.48.